The minimum absolute atomic E-state index is 0.0438. The van der Waals surface area contributed by atoms with Gasteiger partial charge in [0.1, 0.15) is 17.4 Å². The Labute approximate surface area is 239 Å². The molecule has 3 N–H and O–H groups in total. The molecule has 0 radical (unpaired) electrons. The lowest BCUT2D eigenvalue weighted by molar-refractivity contribution is -0.146. The van der Waals surface area contributed by atoms with E-state index < -0.39 is 35.6 Å². The molecule has 10 heteroatoms. The predicted octanol–water partition coefficient (Wildman–Crippen LogP) is 3.49. The summed E-state index contributed by atoms with van der Waals surface area (Å²) in [6.07, 6.45) is 3.47. The van der Waals surface area contributed by atoms with E-state index >= 15 is 0 Å². The lowest BCUT2D eigenvalue weighted by Gasteiger charge is -2.38. The molecule has 2 bridgehead atoms. The van der Waals surface area contributed by atoms with Gasteiger partial charge in [0.25, 0.3) is 0 Å². The molecule has 0 aliphatic carbocycles. The molecule has 1 spiro atoms. The van der Waals surface area contributed by atoms with Crippen LogP contribution in [0.1, 0.15) is 59.8 Å². The second-order valence-corrected chi connectivity index (χ2v) is 12.2. The third kappa shape index (κ3) is 5.44. The first-order valence-electron chi connectivity index (χ1n) is 14.3. The number of halogens is 1. The van der Waals surface area contributed by atoms with Crippen molar-refractivity contribution in [3.05, 3.63) is 24.3 Å². The molecule has 3 fully saturated rings. The number of unbranched alkanes of at least 4 members (excludes halogenated alkanes) is 2. The van der Waals surface area contributed by atoms with Crippen LogP contribution >= 0.6 is 15.9 Å². The number of nitrogens with zero attached hydrogens (tertiary/aromatic N) is 1. The van der Waals surface area contributed by atoms with Gasteiger partial charge in [0.05, 0.1) is 37.2 Å². The lowest BCUT2D eigenvalue weighted by atomic mass is 9.70. The van der Waals surface area contributed by atoms with Crippen molar-refractivity contribution in [3.8, 4) is 5.75 Å². The highest BCUT2D eigenvalue weighted by Crippen LogP contribution is 2.60. The van der Waals surface area contributed by atoms with Gasteiger partial charge in [0.2, 0.25) is 17.7 Å². The molecule has 1 aromatic carbocycles. The van der Waals surface area contributed by atoms with Gasteiger partial charge in [-0.3, -0.25) is 14.4 Å². The first-order valence-corrected chi connectivity index (χ1v) is 15.2. The molecule has 3 unspecified atom stereocenters. The van der Waals surface area contributed by atoms with Gasteiger partial charge in [-0.1, -0.05) is 56.0 Å². The van der Waals surface area contributed by atoms with Crippen molar-refractivity contribution in [1.29, 1.82) is 0 Å². The smallest absolute Gasteiger partial charge is 0.245 e. The summed E-state index contributed by atoms with van der Waals surface area (Å²) < 4.78 is 12.0. The van der Waals surface area contributed by atoms with Gasteiger partial charge in [0.15, 0.2) is 0 Å². The molecule has 39 heavy (non-hydrogen) atoms. The summed E-state index contributed by atoms with van der Waals surface area (Å²) in [5, 5.41) is 16.4. The molecule has 9 nitrogen and oxygen atoms in total. The highest BCUT2D eigenvalue weighted by Gasteiger charge is 2.77. The number of carbonyl (C=O) groups excluding carboxylic acids is 3. The average Bonchev–Trinajstić information content (AvgIpc) is 3.51. The molecule has 1 aromatic rings. The largest absolute Gasteiger partial charge is 0.494 e. The van der Waals surface area contributed by atoms with E-state index in [2.05, 4.69) is 33.5 Å². The van der Waals surface area contributed by atoms with Crippen LogP contribution in [0.15, 0.2) is 24.3 Å². The summed E-state index contributed by atoms with van der Waals surface area (Å²) in [5.74, 6) is -1.83. The number of benzene rings is 1. The summed E-state index contributed by atoms with van der Waals surface area (Å²) in [5.41, 5.74) is -0.557. The normalized spacial score (nSPS) is 30.7. The molecule has 216 valence electrons. The van der Waals surface area contributed by atoms with E-state index in [0.29, 0.717) is 31.0 Å². The zero-order valence-electron chi connectivity index (χ0n) is 23.3. The van der Waals surface area contributed by atoms with Crippen LogP contribution < -0.4 is 15.4 Å². The van der Waals surface area contributed by atoms with E-state index in [0.717, 1.165) is 25.7 Å². The number of rotatable bonds is 13. The molecule has 8 atom stereocenters. The Hall–Kier alpha value is -2.17. The molecule has 3 aliphatic heterocycles. The third-order valence-corrected chi connectivity index (χ3v) is 9.48. The molecule has 3 heterocycles. The van der Waals surface area contributed by atoms with E-state index in [4.69, 9.17) is 9.47 Å². The van der Waals surface area contributed by atoms with Crippen molar-refractivity contribution in [1.82, 2.24) is 10.2 Å². The summed E-state index contributed by atoms with van der Waals surface area (Å²) in [6, 6.07) is 5.61. The molecule has 3 amide bonds. The zero-order valence-corrected chi connectivity index (χ0v) is 24.9. The quantitative estimate of drug-likeness (QED) is 0.233. The summed E-state index contributed by atoms with van der Waals surface area (Å²) in [6.45, 7) is 8.74. The van der Waals surface area contributed by atoms with E-state index in [-0.39, 0.29) is 35.1 Å². The summed E-state index contributed by atoms with van der Waals surface area (Å²) in [4.78, 5) is 43.1. The van der Waals surface area contributed by atoms with Gasteiger partial charge in [-0.05, 0) is 49.9 Å². The molecule has 3 aliphatic rings. The number of carbonyl (C=O) groups is 3. The molecule has 0 aromatic heterocycles. The first-order chi connectivity index (χ1) is 18.7. The highest BCUT2D eigenvalue weighted by atomic mass is 79.9. The van der Waals surface area contributed by atoms with E-state index in [9.17, 15) is 19.5 Å². The van der Waals surface area contributed by atoms with Crippen LogP contribution in [0.2, 0.25) is 0 Å². The van der Waals surface area contributed by atoms with Crippen LogP contribution in [-0.2, 0) is 19.1 Å². The Balaban J connectivity index is 1.66. The minimum Gasteiger partial charge on any atom is -0.494 e. The summed E-state index contributed by atoms with van der Waals surface area (Å²) in [7, 11) is 0. The molecular formula is C29H42BrN3O6. The Kier molecular flexibility index (Phi) is 9.60. The number of hydrogen-bond acceptors (Lipinski definition) is 6. The number of amides is 3. The van der Waals surface area contributed by atoms with Crippen LogP contribution in [-0.4, -0.2) is 76.1 Å². The molecular weight excluding hydrogens is 566 g/mol. The number of alkyl halides is 1. The monoisotopic (exact) mass is 607 g/mol. The maximum absolute atomic E-state index is 14.2. The van der Waals surface area contributed by atoms with E-state index in [1.807, 2.05) is 20.8 Å². The van der Waals surface area contributed by atoms with Gasteiger partial charge in [0, 0.05) is 17.1 Å². The minimum atomic E-state index is -1.15. The maximum atomic E-state index is 14.2. The number of aliphatic hydroxyl groups excluding tert-OH is 1. The fourth-order valence-electron chi connectivity index (χ4n) is 6.55. The molecule has 4 rings (SSSR count). The second kappa shape index (κ2) is 12.6. The van der Waals surface area contributed by atoms with Crippen LogP contribution in [0.3, 0.4) is 0 Å². The zero-order chi connectivity index (χ0) is 28.3. The highest BCUT2D eigenvalue weighted by molar-refractivity contribution is 9.09. The second-order valence-electron chi connectivity index (χ2n) is 11.0. The van der Waals surface area contributed by atoms with Crippen LogP contribution in [0, 0.1) is 17.8 Å². The summed E-state index contributed by atoms with van der Waals surface area (Å²) >= 11 is 3.70. The standard InChI is InChI=1S/C29H42BrN3O6/c1-5-8-9-14-31-27(36)25-29-15-20(30)24(39-29)22(23(29)28(37)33(25)21(16-34)17(4)6-2)26(35)32-18-10-12-19(13-11-18)38-7-3/h10-13,17,20-25,34H,5-9,14-16H2,1-4H3,(H,31,36)(H,32,35)/t17-,20?,21-,22-,23-,24-,25?,29?/m0/s1. The third-order valence-electron chi connectivity index (χ3n) is 8.64. The van der Waals surface area contributed by atoms with Crippen molar-refractivity contribution in [2.75, 3.05) is 25.1 Å². The van der Waals surface area contributed by atoms with Gasteiger partial charge in [-0.25, -0.2) is 0 Å². The number of ether oxygens (including phenoxy) is 2. The van der Waals surface area contributed by atoms with Gasteiger partial charge in [-0.2, -0.15) is 0 Å². The number of likely N-dealkylation sites (tertiary alicyclic amines) is 1. The van der Waals surface area contributed by atoms with Gasteiger partial charge < -0.3 is 30.1 Å². The SMILES string of the molecule is CCCCCNC(=O)C1N([C@@H](CO)[C@@H](C)CC)C(=O)[C@@H]2[C@H](C(=O)Nc3ccc(OCC)cc3)[C@H]3OC12CC3Br. The Morgan fingerprint density at radius 3 is 2.54 bits per heavy atom. The van der Waals surface area contributed by atoms with Crippen LogP contribution in [0.4, 0.5) is 5.69 Å². The topological polar surface area (TPSA) is 117 Å². The average molecular weight is 609 g/mol. The fourth-order valence-corrected chi connectivity index (χ4v) is 7.49. The Morgan fingerprint density at radius 1 is 1.21 bits per heavy atom. The van der Waals surface area contributed by atoms with E-state index in [1.54, 1.807) is 29.2 Å². The Morgan fingerprint density at radius 2 is 1.92 bits per heavy atom. The molecule has 0 saturated carbocycles. The maximum Gasteiger partial charge on any atom is 0.245 e. The number of anilines is 1. The number of hydrogen-bond donors (Lipinski definition) is 3. The van der Waals surface area contributed by atoms with Crippen LogP contribution in [0.5, 0.6) is 5.75 Å². The van der Waals surface area contributed by atoms with Crippen molar-refractivity contribution in [2.24, 2.45) is 17.8 Å². The van der Waals surface area contributed by atoms with Gasteiger partial charge >= 0.3 is 0 Å². The molecule has 3 saturated heterocycles. The van der Waals surface area contributed by atoms with Crippen molar-refractivity contribution >= 4 is 39.3 Å². The fraction of sp³-hybridized carbons (Fsp3) is 0.690. The van der Waals surface area contributed by atoms with E-state index in [1.165, 1.54) is 0 Å². The predicted molar refractivity (Wildman–Crippen MR) is 152 cm³/mol. The first kappa shape index (κ1) is 29.8. The van der Waals surface area contributed by atoms with Crippen molar-refractivity contribution in [2.45, 2.75) is 88.4 Å². The van der Waals surface area contributed by atoms with Crippen molar-refractivity contribution < 1.29 is 29.0 Å². The number of aliphatic hydroxyl groups is 1. The van der Waals surface area contributed by atoms with Crippen LogP contribution in [0.25, 0.3) is 0 Å². The van der Waals surface area contributed by atoms with Crippen molar-refractivity contribution in [3.63, 3.8) is 0 Å². The number of nitrogens with one attached hydrogen (secondary N) is 2. The lowest BCUT2D eigenvalue weighted by Crippen LogP contribution is -2.59. The number of fused-ring (bicyclic) bond motifs is 1. The van der Waals surface area contributed by atoms with Gasteiger partial charge in [-0.15, -0.1) is 0 Å². The Bertz CT molecular complexity index is 1040.